The number of halogens is 3. The van der Waals surface area contributed by atoms with Crippen LogP contribution in [0.25, 0.3) is 49.3 Å². The molecule has 6 rings (SSSR count). The maximum Gasteiger partial charge on any atom is 0.335 e. The number of nitriles is 1. The average Bonchev–Trinajstić information content (AvgIpc) is 3.42. The van der Waals surface area contributed by atoms with Crippen LogP contribution in [0.4, 0.5) is 14.5 Å². The Morgan fingerprint density at radius 3 is 2.33 bits per heavy atom. The van der Waals surface area contributed by atoms with Crippen molar-refractivity contribution in [3.05, 3.63) is 141 Å². The third-order valence-electron chi connectivity index (χ3n) is 7.70. The lowest BCUT2D eigenvalue weighted by molar-refractivity contribution is 0.0697. The predicted molar refractivity (Wildman–Crippen MR) is 176 cm³/mol. The van der Waals surface area contributed by atoms with Gasteiger partial charge < -0.3 is 10.1 Å². The zero-order valence-corrected chi connectivity index (χ0v) is 25.9. The summed E-state index contributed by atoms with van der Waals surface area (Å²) in [5.74, 6) is -1.18. The van der Waals surface area contributed by atoms with Crippen LogP contribution in [0.5, 0.6) is 0 Å². The molecule has 0 aliphatic carbocycles. The SMILES string of the molecule is [C-]#[N+]c1cccc(C#N)c1-c1c(-c2cccc(-c3ccc(C(=O)O)cc3Cl)c2)n(S(=O)(=O)c2ccc(C(F)F)cc2)c2c[nH]c(=O)cc12. The zero-order chi connectivity index (χ0) is 34.3. The van der Waals surface area contributed by atoms with Crippen LogP contribution in [0.15, 0.2) is 107 Å². The summed E-state index contributed by atoms with van der Waals surface area (Å²) < 4.78 is 56.8. The van der Waals surface area contributed by atoms with Crippen molar-refractivity contribution in [3.8, 4) is 39.6 Å². The van der Waals surface area contributed by atoms with Gasteiger partial charge in [-0.15, -0.1) is 0 Å². The van der Waals surface area contributed by atoms with E-state index in [1.165, 1.54) is 42.6 Å². The third kappa shape index (κ3) is 5.39. The van der Waals surface area contributed by atoms with Crippen molar-refractivity contribution in [2.24, 2.45) is 0 Å². The van der Waals surface area contributed by atoms with Crippen molar-refractivity contribution >= 4 is 44.2 Å². The Balaban J connectivity index is 1.76. The van der Waals surface area contributed by atoms with Gasteiger partial charge in [0.2, 0.25) is 5.56 Å². The fourth-order valence-corrected chi connectivity index (χ4v) is 7.37. The number of hydrogen-bond acceptors (Lipinski definition) is 5. The fourth-order valence-electron chi connectivity index (χ4n) is 5.54. The van der Waals surface area contributed by atoms with E-state index in [1.807, 2.05) is 0 Å². The number of carboxylic acid groups (broad SMARTS) is 1. The van der Waals surface area contributed by atoms with E-state index in [-0.39, 0.29) is 65.6 Å². The standard InChI is InChI=1S/C35H19ClF2N4O5S/c1-40-28-7-3-6-23(17-39)31(28)32-26-16-30(43)41-18-29(26)42(48(46,47)24-11-8-19(9-12-24)34(37)38)33(32)21-5-2-4-20(14-21)25-13-10-22(35(44)45)15-27(25)36/h2-16,18,34H,(H,41,43)(H,44,45). The molecule has 0 saturated carbocycles. The Labute approximate surface area is 276 Å². The number of benzene rings is 4. The quantitative estimate of drug-likeness (QED) is 0.163. The van der Waals surface area contributed by atoms with Gasteiger partial charge in [0.05, 0.1) is 34.3 Å². The van der Waals surface area contributed by atoms with Crippen LogP contribution in [0.1, 0.15) is 27.9 Å². The lowest BCUT2D eigenvalue weighted by Crippen LogP contribution is -2.15. The van der Waals surface area contributed by atoms with Gasteiger partial charge in [0.25, 0.3) is 16.4 Å². The van der Waals surface area contributed by atoms with Crippen LogP contribution in [-0.2, 0) is 10.0 Å². The van der Waals surface area contributed by atoms with Crippen LogP contribution in [0.2, 0.25) is 5.02 Å². The second kappa shape index (κ2) is 12.3. The van der Waals surface area contributed by atoms with Crippen molar-refractivity contribution in [2.75, 3.05) is 0 Å². The van der Waals surface area contributed by atoms with Gasteiger partial charge in [-0.3, -0.25) is 4.79 Å². The first kappa shape index (κ1) is 31.9. The predicted octanol–water partition coefficient (Wildman–Crippen LogP) is 8.28. The average molecular weight is 681 g/mol. The number of nitrogens with zero attached hydrogens (tertiary/aromatic N) is 3. The molecule has 0 saturated heterocycles. The highest BCUT2D eigenvalue weighted by Gasteiger charge is 2.31. The number of aromatic amines is 1. The molecule has 0 unspecified atom stereocenters. The molecule has 2 heterocycles. The van der Waals surface area contributed by atoms with E-state index in [9.17, 15) is 37.2 Å². The molecule has 2 N–H and O–H groups in total. The van der Waals surface area contributed by atoms with Gasteiger partial charge in [-0.25, -0.2) is 30.8 Å². The highest BCUT2D eigenvalue weighted by Crippen LogP contribution is 2.47. The summed E-state index contributed by atoms with van der Waals surface area (Å²) in [7, 11) is -4.63. The van der Waals surface area contributed by atoms with E-state index < -0.39 is 28.0 Å². The number of rotatable bonds is 7. The highest BCUT2D eigenvalue weighted by molar-refractivity contribution is 7.90. The monoisotopic (exact) mass is 680 g/mol. The summed E-state index contributed by atoms with van der Waals surface area (Å²) in [4.78, 5) is 30.0. The summed E-state index contributed by atoms with van der Waals surface area (Å²) in [5.41, 5.74) is 0.278. The number of fused-ring (bicyclic) bond motifs is 1. The smallest absolute Gasteiger partial charge is 0.335 e. The molecule has 0 amide bonds. The minimum absolute atomic E-state index is 0.0109. The van der Waals surface area contributed by atoms with Crippen LogP contribution in [0, 0.1) is 17.9 Å². The van der Waals surface area contributed by atoms with Gasteiger partial charge in [0.15, 0.2) is 5.69 Å². The van der Waals surface area contributed by atoms with Crippen molar-refractivity contribution in [1.82, 2.24) is 8.96 Å². The van der Waals surface area contributed by atoms with Crippen LogP contribution in [0.3, 0.4) is 0 Å². The molecule has 0 fully saturated rings. The van der Waals surface area contributed by atoms with Crippen molar-refractivity contribution in [3.63, 3.8) is 0 Å². The number of aromatic nitrogens is 2. The molecular weight excluding hydrogens is 662 g/mol. The molecule has 2 aromatic heterocycles. The molecule has 4 aromatic carbocycles. The maximum atomic E-state index is 14.6. The first-order chi connectivity index (χ1) is 23.0. The second-order valence-electron chi connectivity index (χ2n) is 10.5. The van der Waals surface area contributed by atoms with E-state index in [0.717, 1.165) is 34.3 Å². The van der Waals surface area contributed by atoms with Crippen molar-refractivity contribution in [1.29, 1.82) is 5.26 Å². The Kier molecular flexibility index (Phi) is 8.15. The Bertz CT molecular complexity index is 2520. The van der Waals surface area contributed by atoms with Gasteiger partial charge in [-0.05, 0) is 42.0 Å². The molecule has 0 radical (unpaired) electrons. The van der Waals surface area contributed by atoms with Gasteiger partial charge in [0.1, 0.15) is 0 Å². The largest absolute Gasteiger partial charge is 0.478 e. The van der Waals surface area contributed by atoms with Crippen LogP contribution in [-0.4, -0.2) is 28.5 Å². The molecule has 13 heteroatoms. The van der Waals surface area contributed by atoms with Crippen LogP contribution < -0.4 is 5.56 Å². The molecule has 0 aliphatic rings. The molecule has 9 nitrogen and oxygen atoms in total. The normalized spacial score (nSPS) is 11.4. The minimum Gasteiger partial charge on any atom is -0.478 e. The van der Waals surface area contributed by atoms with Gasteiger partial charge in [-0.1, -0.05) is 60.1 Å². The lowest BCUT2D eigenvalue weighted by atomic mass is 9.92. The first-order valence-electron chi connectivity index (χ1n) is 13.9. The highest BCUT2D eigenvalue weighted by atomic mass is 35.5. The number of carboxylic acids is 1. The van der Waals surface area contributed by atoms with Crippen molar-refractivity contribution < 1.29 is 27.1 Å². The lowest BCUT2D eigenvalue weighted by Gasteiger charge is -2.16. The third-order valence-corrected chi connectivity index (χ3v) is 9.74. The van der Waals surface area contributed by atoms with Gasteiger partial charge in [0, 0.05) is 56.1 Å². The molecule has 6 aromatic rings. The summed E-state index contributed by atoms with van der Waals surface area (Å²) in [6.07, 6.45) is -1.65. The van der Waals surface area contributed by atoms with Crippen molar-refractivity contribution in [2.45, 2.75) is 11.3 Å². The zero-order valence-electron chi connectivity index (χ0n) is 24.3. The molecule has 0 atom stereocenters. The van der Waals surface area contributed by atoms with E-state index in [4.69, 9.17) is 18.2 Å². The van der Waals surface area contributed by atoms with E-state index in [0.29, 0.717) is 11.1 Å². The number of carbonyl (C=O) groups is 1. The fraction of sp³-hybridized carbons (Fsp3) is 0.0286. The van der Waals surface area contributed by atoms with Gasteiger partial charge >= 0.3 is 5.97 Å². The number of H-pyrrole nitrogens is 1. The van der Waals surface area contributed by atoms with E-state index >= 15 is 0 Å². The Morgan fingerprint density at radius 2 is 1.69 bits per heavy atom. The van der Waals surface area contributed by atoms with E-state index in [2.05, 4.69) is 15.9 Å². The summed E-state index contributed by atoms with van der Waals surface area (Å²) in [5, 5.41) is 19.7. The second-order valence-corrected chi connectivity index (χ2v) is 12.7. The number of pyridine rings is 1. The minimum atomic E-state index is -4.63. The molecule has 48 heavy (non-hydrogen) atoms. The van der Waals surface area contributed by atoms with Crippen LogP contribution >= 0.6 is 11.6 Å². The molecular formula is C35H19ClF2N4O5S. The summed E-state index contributed by atoms with van der Waals surface area (Å²) >= 11 is 6.49. The topological polar surface area (TPSA) is 137 Å². The number of nitrogens with one attached hydrogen (secondary N) is 1. The Morgan fingerprint density at radius 1 is 0.979 bits per heavy atom. The first-order valence-corrected chi connectivity index (χ1v) is 15.7. The van der Waals surface area contributed by atoms with E-state index in [1.54, 1.807) is 24.3 Å². The number of alkyl halides is 2. The molecule has 0 bridgehead atoms. The number of hydrogen-bond donors (Lipinski definition) is 2. The Hall–Kier alpha value is -6.08. The molecule has 0 aliphatic heterocycles. The summed E-state index contributed by atoms with van der Waals surface area (Å²) in [6.45, 7) is 7.87. The van der Waals surface area contributed by atoms with Gasteiger partial charge in [-0.2, -0.15) is 5.26 Å². The maximum absolute atomic E-state index is 14.6. The molecule has 236 valence electrons. The summed E-state index contributed by atoms with van der Waals surface area (Å²) in [6, 6.07) is 22.3. The number of aromatic carboxylic acids is 1. The molecule has 0 spiro atoms.